The number of halogens is 3. The van der Waals surface area contributed by atoms with Crippen molar-refractivity contribution in [2.24, 2.45) is 5.92 Å². The van der Waals surface area contributed by atoms with E-state index >= 15 is 0 Å². The summed E-state index contributed by atoms with van der Waals surface area (Å²) >= 11 is 0. The van der Waals surface area contributed by atoms with Gasteiger partial charge in [-0.25, -0.2) is 4.79 Å². The molecule has 2 aliphatic heterocycles. The lowest BCUT2D eigenvalue weighted by molar-refractivity contribution is -0.389. The lowest BCUT2D eigenvalue weighted by Crippen LogP contribution is -2.59. The fourth-order valence-electron chi connectivity index (χ4n) is 3.98. The molecular formula is C18H18F3N5O6. The summed E-state index contributed by atoms with van der Waals surface area (Å²) < 4.78 is 48.0. The van der Waals surface area contributed by atoms with Crippen LogP contribution in [0.5, 0.6) is 11.8 Å². The molecule has 1 aromatic carbocycles. The van der Waals surface area contributed by atoms with E-state index in [1.807, 2.05) is 4.90 Å². The van der Waals surface area contributed by atoms with E-state index < -0.39 is 23.4 Å². The number of amides is 1. The standard InChI is InChI=1S/C18H18F3N5O6/c19-18(20,21)32-13-3-1-12(2-4-13)23-5-6-25(17(27)28)14(8-23)11-7-24-9-15(26(29)30)22-16(24)31-10-11/h1-4,9,11,14H,5-8,10H2,(H,27,28)/t11-,14?/m1/s1. The van der Waals surface area contributed by atoms with E-state index in [4.69, 9.17) is 4.74 Å². The van der Waals surface area contributed by atoms with Gasteiger partial charge in [0.2, 0.25) is 0 Å². The fraction of sp³-hybridized carbons (Fsp3) is 0.444. The highest BCUT2D eigenvalue weighted by molar-refractivity contribution is 5.66. The van der Waals surface area contributed by atoms with Crippen molar-refractivity contribution in [3.05, 3.63) is 40.6 Å². The van der Waals surface area contributed by atoms with Gasteiger partial charge in [0.15, 0.2) is 0 Å². The zero-order valence-electron chi connectivity index (χ0n) is 16.4. The zero-order chi connectivity index (χ0) is 23.0. The van der Waals surface area contributed by atoms with Crippen molar-refractivity contribution in [2.75, 3.05) is 31.1 Å². The molecule has 2 atom stereocenters. The van der Waals surface area contributed by atoms with Crippen LogP contribution in [0, 0.1) is 16.0 Å². The molecule has 2 aromatic rings. The summed E-state index contributed by atoms with van der Waals surface area (Å²) in [6.45, 7) is 1.18. The average Bonchev–Trinajstić information content (AvgIpc) is 3.16. The SMILES string of the molecule is O=C(O)N1CCN(c2ccc(OC(F)(F)F)cc2)CC1[C@H]1COc2nc([N+](=O)[O-])cn2C1. The Balaban J connectivity index is 1.51. The third kappa shape index (κ3) is 4.48. The van der Waals surface area contributed by atoms with Gasteiger partial charge >= 0.3 is 24.3 Å². The molecule has 0 spiro atoms. The van der Waals surface area contributed by atoms with Gasteiger partial charge < -0.3 is 34.5 Å². The van der Waals surface area contributed by atoms with Gasteiger partial charge in [0.25, 0.3) is 0 Å². The number of alkyl halides is 3. The Bertz CT molecular complexity index is 1010. The van der Waals surface area contributed by atoms with Gasteiger partial charge in [-0.15, -0.1) is 13.2 Å². The highest BCUT2D eigenvalue weighted by atomic mass is 19.4. The van der Waals surface area contributed by atoms with Gasteiger partial charge in [0.1, 0.15) is 18.6 Å². The second kappa shape index (κ2) is 8.09. The van der Waals surface area contributed by atoms with Crippen LogP contribution in [0.1, 0.15) is 0 Å². The minimum absolute atomic E-state index is 0.0998. The Morgan fingerprint density at radius 3 is 2.59 bits per heavy atom. The minimum atomic E-state index is -4.79. The molecule has 1 aromatic heterocycles. The second-order valence-corrected chi connectivity index (χ2v) is 7.39. The number of aromatic nitrogens is 2. The fourth-order valence-corrected chi connectivity index (χ4v) is 3.98. The summed E-state index contributed by atoms with van der Waals surface area (Å²) in [5.74, 6) is -1.03. The van der Waals surface area contributed by atoms with E-state index in [1.165, 1.54) is 39.9 Å². The van der Waals surface area contributed by atoms with E-state index in [0.29, 0.717) is 12.2 Å². The van der Waals surface area contributed by atoms with Crippen molar-refractivity contribution in [3.63, 3.8) is 0 Å². The van der Waals surface area contributed by atoms with Crippen molar-refractivity contribution < 1.29 is 37.5 Å². The molecule has 1 amide bonds. The van der Waals surface area contributed by atoms with Crippen LogP contribution in [-0.2, 0) is 6.54 Å². The van der Waals surface area contributed by atoms with Gasteiger partial charge in [-0.3, -0.25) is 4.57 Å². The molecule has 14 heteroatoms. The molecule has 172 valence electrons. The Hall–Kier alpha value is -3.71. The smallest absolute Gasteiger partial charge is 0.465 e. The van der Waals surface area contributed by atoms with Crippen molar-refractivity contribution in [3.8, 4) is 11.8 Å². The lowest BCUT2D eigenvalue weighted by Gasteiger charge is -2.44. The molecule has 1 unspecified atom stereocenters. The number of nitro groups is 1. The van der Waals surface area contributed by atoms with Crippen molar-refractivity contribution >= 4 is 17.6 Å². The maximum Gasteiger partial charge on any atom is 0.573 e. The highest BCUT2D eigenvalue weighted by Gasteiger charge is 2.40. The van der Waals surface area contributed by atoms with Gasteiger partial charge in [-0.2, -0.15) is 0 Å². The van der Waals surface area contributed by atoms with Crippen LogP contribution in [0.25, 0.3) is 0 Å². The Kier molecular flexibility index (Phi) is 5.44. The van der Waals surface area contributed by atoms with E-state index in [9.17, 15) is 33.2 Å². The number of rotatable bonds is 4. The first kappa shape index (κ1) is 21.5. The number of hydrogen-bond acceptors (Lipinski definition) is 7. The van der Waals surface area contributed by atoms with Crippen molar-refractivity contribution in [2.45, 2.75) is 18.9 Å². The lowest BCUT2D eigenvalue weighted by atomic mass is 9.95. The molecule has 11 nitrogen and oxygen atoms in total. The van der Waals surface area contributed by atoms with E-state index in [-0.39, 0.29) is 49.7 Å². The predicted octanol–water partition coefficient (Wildman–Crippen LogP) is 2.57. The minimum Gasteiger partial charge on any atom is -0.465 e. The van der Waals surface area contributed by atoms with Gasteiger partial charge in [0.05, 0.1) is 6.04 Å². The number of benzene rings is 1. The summed E-state index contributed by atoms with van der Waals surface area (Å²) in [5.41, 5.74) is 0.616. The molecule has 1 fully saturated rings. The maximum absolute atomic E-state index is 12.4. The summed E-state index contributed by atoms with van der Waals surface area (Å²) in [4.78, 5) is 29.1. The van der Waals surface area contributed by atoms with Gasteiger partial charge in [0, 0.05) is 42.8 Å². The predicted molar refractivity (Wildman–Crippen MR) is 102 cm³/mol. The molecule has 2 aliphatic rings. The van der Waals surface area contributed by atoms with Crippen LogP contribution in [0.2, 0.25) is 0 Å². The maximum atomic E-state index is 12.4. The first-order valence-electron chi connectivity index (χ1n) is 9.55. The first-order valence-corrected chi connectivity index (χ1v) is 9.55. The van der Waals surface area contributed by atoms with E-state index in [2.05, 4.69) is 9.72 Å². The topological polar surface area (TPSA) is 123 Å². The molecule has 1 N–H and O–H groups in total. The molecule has 4 rings (SSSR count). The van der Waals surface area contributed by atoms with E-state index in [1.54, 1.807) is 0 Å². The van der Waals surface area contributed by atoms with Crippen LogP contribution < -0.4 is 14.4 Å². The number of hydrogen-bond donors (Lipinski definition) is 1. The number of nitrogens with zero attached hydrogens (tertiary/aromatic N) is 5. The van der Waals surface area contributed by atoms with Gasteiger partial charge in [-0.05, 0) is 29.2 Å². The molecule has 0 bridgehead atoms. The summed E-state index contributed by atoms with van der Waals surface area (Å²) in [7, 11) is 0. The number of imidazole rings is 1. The van der Waals surface area contributed by atoms with Crippen LogP contribution in [0.15, 0.2) is 30.5 Å². The molecule has 1 saturated heterocycles. The van der Waals surface area contributed by atoms with Crippen LogP contribution in [-0.4, -0.2) is 69.2 Å². The average molecular weight is 457 g/mol. The van der Waals surface area contributed by atoms with E-state index in [0.717, 1.165) is 0 Å². The first-order chi connectivity index (χ1) is 15.1. The summed E-state index contributed by atoms with van der Waals surface area (Å²) in [6, 6.07) is 4.93. The third-order valence-electron chi connectivity index (χ3n) is 5.42. The normalized spacial score (nSPS) is 21.0. The van der Waals surface area contributed by atoms with Crippen LogP contribution >= 0.6 is 0 Å². The molecule has 0 saturated carbocycles. The number of anilines is 1. The Morgan fingerprint density at radius 1 is 1.25 bits per heavy atom. The largest absolute Gasteiger partial charge is 0.573 e. The summed E-state index contributed by atoms with van der Waals surface area (Å²) in [6.07, 6.45) is -4.65. The highest BCUT2D eigenvalue weighted by Crippen LogP contribution is 2.31. The summed E-state index contributed by atoms with van der Waals surface area (Å²) in [5, 5.41) is 20.6. The number of carboxylic acid groups (broad SMARTS) is 1. The monoisotopic (exact) mass is 457 g/mol. The third-order valence-corrected chi connectivity index (χ3v) is 5.42. The number of ether oxygens (including phenoxy) is 2. The second-order valence-electron chi connectivity index (χ2n) is 7.39. The molecule has 0 radical (unpaired) electrons. The van der Waals surface area contributed by atoms with Crippen LogP contribution in [0.3, 0.4) is 0 Å². The molecular weight excluding hydrogens is 439 g/mol. The van der Waals surface area contributed by atoms with Gasteiger partial charge in [-0.1, -0.05) is 0 Å². The zero-order valence-corrected chi connectivity index (χ0v) is 16.4. The number of piperazine rings is 1. The van der Waals surface area contributed by atoms with Crippen molar-refractivity contribution in [1.82, 2.24) is 14.5 Å². The van der Waals surface area contributed by atoms with Crippen molar-refractivity contribution in [1.29, 1.82) is 0 Å². The molecule has 3 heterocycles. The molecule has 32 heavy (non-hydrogen) atoms. The molecule has 0 aliphatic carbocycles. The quantitative estimate of drug-likeness (QED) is 0.549. The van der Waals surface area contributed by atoms with Crippen LogP contribution in [0.4, 0.5) is 29.5 Å². The number of carbonyl (C=O) groups is 1. The Labute approximate surface area is 178 Å². The Morgan fingerprint density at radius 2 is 1.97 bits per heavy atom. The number of fused-ring (bicyclic) bond motifs is 1.